The number of hydrogen-bond donors (Lipinski definition) is 1. The number of nitrogens with one attached hydrogen (secondary N) is 1. The van der Waals surface area contributed by atoms with Crippen molar-refractivity contribution in [3.05, 3.63) is 18.2 Å². The molecule has 0 spiro atoms. The zero-order valence-corrected chi connectivity index (χ0v) is 10.6. The minimum atomic E-state index is -3.29. The van der Waals surface area contributed by atoms with Crippen molar-refractivity contribution >= 4 is 21.4 Å². The van der Waals surface area contributed by atoms with Gasteiger partial charge in [-0.25, -0.2) is 8.42 Å². The number of rotatable bonds is 1. The summed E-state index contributed by atoms with van der Waals surface area (Å²) in [5.74, 6) is 0.178. The number of sulfone groups is 1. The second-order valence-corrected chi connectivity index (χ2v) is 6.51. The lowest BCUT2D eigenvalue weighted by Crippen LogP contribution is -2.45. The van der Waals surface area contributed by atoms with E-state index in [4.69, 9.17) is 4.74 Å². The fourth-order valence-electron chi connectivity index (χ4n) is 1.52. The molecule has 0 fully saturated rings. The monoisotopic (exact) mass is 255 g/mol. The summed E-state index contributed by atoms with van der Waals surface area (Å²) in [6.45, 7) is 3.30. The van der Waals surface area contributed by atoms with Crippen LogP contribution in [-0.4, -0.2) is 26.2 Å². The first kappa shape index (κ1) is 11.9. The van der Waals surface area contributed by atoms with Crippen LogP contribution >= 0.6 is 0 Å². The summed E-state index contributed by atoms with van der Waals surface area (Å²) in [5.41, 5.74) is -0.558. The fourth-order valence-corrected chi connectivity index (χ4v) is 2.17. The van der Waals surface area contributed by atoms with Gasteiger partial charge in [-0.15, -0.1) is 0 Å². The van der Waals surface area contributed by atoms with E-state index in [0.717, 1.165) is 6.26 Å². The van der Waals surface area contributed by atoms with Crippen LogP contribution in [0.4, 0.5) is 5.69 Å². The van der Waals surface area contributed by atoms with E-state index < -0.39 is 15.4 Å². The number of carbonyl (C=O) groups excluding carboxylic acids is 1. The zero-order valence-electron chi connectivity index (χ0n) is 9.77. The van der Waals surface area contributed by atoms with Crippen LogP contribution in [0.1, 0.15) is 13.8 Å². The van der Waals surface area contributed by atoms with E-state index >= 15 is 0 Å². The summed E-state index contributed by atoms with van der Waals surface area (Å²) < 4.78 is 28.2. The van der Waals surface area contributed by atoms with Gasteiger partial charge < -0.3 is 10.1 Å². The first-order valence-corrected chi connectivity index (χ1v) is 6.94. The summed E-state index contributed by atoms with van der Waals surface area (Å²) in [5, 5.41) is 2.63. The molecule has 0 saturated carbocycles. The zero-order chi connectivity index (χ0) is 12.8. The van der Waals surface area contributed by atoms with Crippen molar-refractivity contribution in [3.63, 3.8) is 0 Å². The summed E-state index contributed by atoms with van der Waals surface area (Å²) in [6.07, 6.45) is 1.12. The van der Waals surface area contributed by atoms with E-state index in [1.165, 1.54) is 12.1 Å². The van der Waals surface area contributed by atoms with E-state index in [1.807, 2.05) is 0 Å². The standard InChI is InChI=1S/C11H13NO4S/c1-11(2)10(13)12-8-6-7(17(3,14)15)4-5-9(8)16-11/h4-6H,1-3H3,(H,12,13). The Kier molecular flexibility index (Phi) is 2.43. The quantitative estimate of drug-likeness (QED) is 0.818. The average molecular weight is 255 g/mol. The molecule has 0 atom stereocenters. The molecule has 1 N–H and O–H groups in total. The Morgan fingerprint density at radius 1 is 1.29 bits per heavy atom. The summed E-state index contributed by atoms with van der Waals surface area (Å²) in [6, 6.07) is 4.41. The number of hydrogen-bond acceptors (Lipinski definition) is 4. The van der Waals surface area contributed by atoms with Gasteiger partial charge in [0, 0.05) is 6.26 Å². The highest BCUT2D eigenvalue weighted by molar-refractivity contribution is 7.90. The van der Waals surface area contributed by atoms with Gasteiger partial charge in [0.1, 0.15) is 5.75 Å². The van der Waals surface area contributed by atoms with E-state index in [9.17, 15) is 13.2 Å². The summed E-state index contributed by atoms with van der Waals surface area (Å²) >= 11 is 0. The predicted octanol–water partition coefficient (Wildman–Crippen LogP) is 1.20. The first-order valence-electron chi connectivity index (χ1n) is 5.05. The van der Waals surface area contributed by atoms with Gasteiger partial charge in [-0.05, 0) is 32.0 Å². The Hall–Kier alpha value is -1.56. The molecule has 1 aromatic carbocycles. The maximum absolute atomic E-state index is 11.7. The molecular weight excluding hydrogens is 242 g/mol. The molecule has 5 nitrogen and oxygen atoms in total. The fraction of sp³-hybridized carbons (Fsp3) is 0.364. The van der Waals surface area contributed by atoms with Crippen LogP contribution in [0.15, 0.2) is 23.1 Å². The van der Waals surface area contributed by atoms with Crippen molar-refractivity contribution in [3.8, 4) is 5.75 Å². The summed E-state index contributed by atoms with van der Waals surface area (Å²) in [7, 11) is -3.29. The molecule has 1 aliphatic heterocycles. The molecule has 0 aliphatic carbocycles. The number of anilines is 1. The number of ether oxygens (including phenoxy) is 1. The minimum absolute atomic E-state index is 0.153. The van der Waals surface area contributed by atoms with Gasteiger partial charge in [-0.3, -0.25) is 4.79 Å². The van der Waals surface area contributed by atoms with E-state index in [2.05, 4.69) is 5.32 Å². The average Bonchev–Trinajstić information content (AvgIpc) is 2.17. The Balaban J connectivity index is 2.50. The molecule has 0 unspecified atom stereocenters. The van der Waals surface area contributed by atoms with Crippen LogP contribution < -0.4 is 10.1 Å². The van der Waals surface area contributed by atoms with Crippen LogP contribution in [0.2, 0.25) is 0 Å². The van der Waals surface area contributed by atoms with Gasteiger partial charge in [0.2, 0.25) is 0 Å². The Morgan fingerprint density at radius 3 is 2.53 bits per heavy atom. The number of benzene rings is 1. The molecule has 6 heteroatoms. The third-order valence-electron chi connectivity index (χ3n) is 2.54. The molecule has 1 heterocycles. The molecule has 0 radical (unpaired) electrons. The smallest absolute Gasteiger partial charge is 0.268 e. The van der Waals surface area contributed by atoms with Crippen molar-refractivity contribution in [1.82, 2.24) is 0 Å². The molecule has 1 aliphatic rings. The van der Waals surface area contributed by atoms with Crippen molar-refractivity contribution in [2.45, 2.75) is 24.3 Å². The third kappa shape index (κ3) is 2.12. The molecule has 0 saturated heterocycles. The van der Waals surface area contributed by atoms with Crippen molar-refractivity contribution in [1.29, 1.82) is 0 Å². The van der Waals surface area contributed by atoms with Crippen LogP contribution in [0.25, 0.3) is 0 Å². The Labute approximate surface area is 99.7 Å². The van der Waals surface area contributed by atoms with Crippen LogP contribution in [-0.2, 0) is 14.6 Å². The Morgan fingerprint density at radius 2 is 1.94 bits per heavy atom. The van der Waals surface area contributed by atoms with Crippen molar-refractivity contribution < 1.29 is 17.9 Å². The second kappa shape index (κ2) is 3.46. The highest BCUT2D eigenvalue weighted by atomic mass is 32.2. The lowest BCUT2D eigenvalue weighted by molar-refractivity contribution is -0.129. The van der Waals surface area contributed by atoms with Gasteiger partial charge >= 0.3 is 0 Å². The highest BCUT2D eigenvalue weighted by Gasteiger charge is 2.35. The lowest BCUT2D eigenvalue weighted by atomic mass is 10.1. The molecule has 0 aromatic heterocycles. The molecule has 92 valence electrons. The maximum Gasteiger partial charge on any atom is 0.268 e. The van der Waals surface area contributed by atoms with Crippen LogP contribution in [0, 0.1) is 0 Å². The minimum Gasteiger partial charge on any atom is -0.476 e. The summed E-state index contributed by atoms with van der Waals surface area (Å²) in [4.78, 5) is 11.8. The number of amides is 1. The van der Waals surface area contributed by atoms with Crippen LogP contribution in [0.3, 0.4) is 0 Å². The lowest BCUT2D eigenvalue weighted by Gasteiger charge is -2.31. The molecule has 1 aromatic rings. The molecule has 17 heavy (non-hydrogen) atoms. The maximum atomic E-state index is 11.7. The van der Waals surface area contributed by atoms with Gasteiger partial charge in [-0.2, -0.15) is 0 Å². The van der Waals surface area contributed by atoms with E-state index in [1.54, 1.807) is 19.9 Å². The van der Waals surface area contributed by atoms with Gasteiger partial charge in [-0.1, -0.05) is 0 Å². The van der Waals surface area contributed by atoms with Crippen molar-refractivity contribution in [2.75, 3.05) is 11.6 Å². The topological polar surface area (TPSA) is 72.5 Å². The second-order valence-electron chi connectivity index (χ2n) is 4.50. The SMILES string of the molecule is CC1(C)Oc2ccc(S(C)(=O)=O)cc2NC1=O. The third-order valence-corrected chi connectivity index (χ3v) is 3.65. The number of fused-ring (bicyclic) bond motifs is 1. The normalized spacial score (nSPS) is 17.9. The molecular formula is C11H13NO4S. The predicted molar refractivity (Wildman–Crippen MR) is 62.9 cm³/mol. The van der Waals surface area contributed by atoms with Gasteiger partial charge in [0.25, 0.3) is 5.91 Å². The van der Waals surface area contributed by atoms with E-state index in [0.29, 0.717) is 11.4 Å². The van der Waals surface area contributed by atoms with Crippen LogP contribution in [0.5, 0.6) is 5.75 Å². The Bertz CT molecular complexity index is 589. The van der Waals surface area contributed by atoms with Gasteiger partial charge in [0.05, 0.1) is 10.6 Å². The molecule has 1 amide bonds. The molecule has 0 bridgehead atoms. The molecule has 2 rings (SSSR count). The number of carbonyl (C=O) groups is 1. The van der Waals surface area contributed by atoms with E-state index in [-0.39, 0.29) is 10.8 Å². The highest BCUT2D eigenvalue weighted by Crippen LogP contribution is 2.34. The largest absolute Gasteiger partial charge is 0.476 e. The van der Waals surface area contributed by atoms with Gasteiger partial charge in [0.15, 0.2) is 15.4 Å². The van der Waals surface area contributed by atoms with Crippen molar-refractivity contribution in [2.24, 2.45) is 0 Å². The first-order chi connectivity index (χ1) is 7.70.